The van der Waals surface area contributed by atoms with Crippen LogP contribution in [0.5, 0.6) is 0 Å². The lowest BCUT2D eigenvalue weighted by molar-refractivity contribution is -0.128. The number of carbonyl (C=O) groups excluding carboxylic acids is 1. The zero-order valence-electron chi connectivity index (χ0n) is 25.2. The van der Waals surface area contributed by atoms with E-state index in [1.54, 1.807) is 6.20 Å². The molecule has 0 fully saturated rings. The van der Waals surface area contributed by atoms with Crippen molar-refractivity contribution < 1.29 is 27.1 Å². The molecule has 4 aromatic rings. The average molecular weight is 621 g/mol. The summed E-state index contributed by atoms with van der Waals surface area (Å²) >= 11 is 0. The van der Waals surface area contributed by atoms with Gasteiger partial charge >= 0.3 is 0 Å². The lowest BCUT2D eigenvalue weighted by atomic mass is 10.0. The summed E-state index contributed by atoms with van der Waals surface area (Å²) in [4.78, 5) is 24.0. The molecule has 0 spiro atoms. The van der Waals surface area contributed by atoms with Crippen molar-refractivity contribution in [3.63, 3.8) is 0 Å². The maximum absolute atomic E-state index is 13.1. The Bertz CT molecular complexity index is 1630. The Morgan fingerprint density at radius 3 is 2.11 bits per heavy atom. The smallest absolute Gasteiger partial charge is 0.264 e. The van der Waals surface area contributed by atoms with E-state index in [1.165, 1.54) is 0 Å². The van der Waals surface area contributed by atoms with Gasteiger partial charge in [-0.05, 0) is 52.0 Å². The van der Waals surface area contributed by atoms with Gasteiger partial charge in [-0.25, -0.2) is 22.5 Å². The van der Waals surface area contributed by atoms with Crippen LogP contribution in [-0.4, -0.2) is 62.3 Å². The zero-order valence-corrected chi connectivity index (χ0v) is 26.1. The summed E-state index contributed by atoms with van der Waals surface area (Å²) in [7, 11) is -4.13. The molecule has 0 unspecified atom stereocenters. The number of aromatic nitrogens is 2. The molecule has 0 saturated heterocycles. The largest absolute Gasteiger partial charge is 0.371 e. The van der Waals surface area contributed by atoms with E-state index in [4.69, 9.17) is 19.4 Å². The minimum absolute atomic E-state index is 0.0441. The fraction of sp³-hybridized carbons (Fsp3) is 0.303. The van der Waals surface area contributed by atoms with Crippen molar-refractivity contribution in [3.05, 3.63) is 96.9 Å². The summed E-state index contributed by atoms with van der Waals surface area (Å²) in [6, 6.07) is 24.2. The van der Waals surface area contributed by atoms with Gasteiger partial charge in [0, 0.05) is 23.7 Å². The highest BCUT2D eigenvalue weighted by Crippen LogP contribution is 2.31. The second-order valence-corrected chi connectivity index (χ2v) is 12.7. The van der Waals surface area contributed by atoms with Crippen molar-refractivity contribution in [2.75, 3.05) is 31.3 Å². The monoisotopic (exact) mass is 620 g/mol. The number of carbonyl (C=O) groups is 1. The number of hydrogen-bond acceptors (Lipinski definition) is 8. The molecule has 0 radical (unpaired) electrons. The number of rotatable bonds is 14. The summed E-state index contributed by atoms with van der Waals surface area (Å²) < 4.78 is 51.3. The summed E-state index contributed by atoms with van der Waals surface area (Å²) in [5.74, 6) is -0.707. The molecule has 0 saturated carbocycles. The third kappa shape index (κ3) is 8.91. The van der Waals surface area contributed by atoms with Gasteiger partial charge in [-0.1, -0.05) is 60.7 Å². The van der Waals surface area contributed by atoms with Gasteiger partial charge in [0.15, 0.2) is 0 Å². The second kappa shape index (κ2) is 14.5. The summed E-state index contributed by atoms with van der Waals surface area (Å²) in [6.07, 6.45) is 1.78. The Balaban J connectivity index is 1.36. The van der Waals surface area contributed by atoms with Gasteiger partial charge in [0.2, 0.25) is 0 Å². The number of nitrogens with one attached hydrogen (secondary N) is 1. The minimum atomic E-state index is -4.13. The van der Waals surface area contributed by atoms with Crippen LogP contribution < -0.4 is 9.62 Å². The van der Waals surface area contributed by atoms with Gasteiger partial charge in [0.25, 0.3) is 15.9 Å². The van der Waals surface area contributed by atoms with Crippen LogP contribution in [0.25, 0.3) is 22.5 Å². The molecule has 1 N–H and O–H groups in total. The van der Waals surface area contributed by atoms with E-state index in [0.717, 1.165) is 52.6 Å². The second-order valence-electron chi connectivity index (χ2n) is 11.0. The van der Waals surface area contributed by atoms with E-state index in [-0.39, 0.29) is 17.5 Å². The third-order valence-corrected chi connectivity index (χ3v) is 8.04. The zero-order chi connectivity index (χ0) is 31.7. The minimum Gasteiger partial charge on any atom is -0.371 e. The van der Waals surface area contributed by atoms with Crippen LogP contribution in [-0.2, 0) is 24.3 Å². The van der Waals surface area contributed by atoms with E-state index in [2.05, 4.69) is 18.7 Å². The predicted octanol–water partition coefficient (Wildman–Crippen LogP) is 5.48. The molecule has 1 aromatic heterocycles. The number of anilines is 1. The number of hydrogen-bond donors (Lipinski definition) is 1. The van der Waals surface area contributed by atoms with Gasteiger partial charge in [0.1, 0.15) is 18.2 Å². The van der Waals surface area contributed by atoms with Crippen molar-refractivity contribution in [2.45, 2.75) is 44.2 Å². The summed E-state index contributed by atoms with van der Waals surface area (Å²) in [6.45, 7) is 8.19. The van der Waals surface area contributed by atoms with Crippen LogP contribution in [0.3, 0.4) is 0 Å². The molecular weight excluding hydrogens is 583 g/mol. The Kier molecular flexibility index (Phi) is 10.8. The standard InChI is InChI=1S/C33H37FN4O5S/c1-24(2)38(29-21-35-31(25-11-7-5-8-12-25)32(36-29)26-13-9-6-10-14-26)19-20-43-33(3,4)23-42-22-30(39)37-44(40,41)28-17-15-27(34)16-18-28/h5-18,21,24H,19-20,22-23H2,1-4H3,(H,37,39). The SMILES string of the molecule is CC(C)N(CCOC(C)(C)COCC(=O)NS(=O)(=O)c1ccc(F)cc1)c1cnc(-c2ccccc2)c(-c2ccccc2)n1. The molecular formula is C33H37FN4O5S. The fourth-order valence-corrected chi connectivity index (χ4v) is 5.43. The van der Waals surface area contributed by atoms with Gasteiger partial charge < -0.3 is 14.4 Å². The summed E-state index contributed by atoms with van der Waals surface area (Å²) in [5, 5.41) is 0. The van der Waals surface area contributed by atoms with Crippen LogP contribution >= 0.6 is 0 Å². The van der Waals surface area contributed by atoms with Crippen molar-refractivity contribution >= 4 is 21.7 Å². The van der Waals surface area contributed by atoms with Gasteiger partial charge in [-0.3, -0.25) is 9.78 Å². The quantitative estimate of drug-likeness (QED) is 0.197. The Morgan fingerprint density at radius 1 is 0.932 bits per heavy atom. The third-order valence-electron chi connectivity index (χ3n) is 6.65. The first kappa shape index (κ1) is 32.7. The molecule has 0 aliphatic carbocycles. The van der Waals surface area contributed by atoms with Crippen molar-refractivity contribution in [1.82, 2.24) is 14.7 Å². The van der Waals surface area contributed by atoms with Crippen LogP contribution in [0.1, 0.15) is 27.7 Å². The maximum Gasteiger partial charge on any atom is 0.264 e. The molecule has 9 nitrogen and oxygen atoms in total. The number of benzene rings is 3. The normalized spacial score (nSPS) is 11.9. The molecule has 44 heavy (non-hydrogen) atoms. The molecule has 0 bridgehead atoms. The number of halogens is 1. The van der Waals surface area contributed by atoms with E-state index >= 15 is 0 Å². The molecule has 11 heteroatoms. The number of sulfonamides is 1. The lowest BCUT2D eigenvalue weighted by Gasteiger charge is -2.31. The van der Waals surface area contributed by atoms with Gasteiger partial charge in [-0.2, -0.15) is 0 Å². The molecule has 1 heterocycles. The summed E-state index contributed by atoms with van der Waals surface area (Å²) in [5.41, 5.74) is 2.76. The van der Waals surface area contributed by atoms with E-state index in [0.29, 0.717) is 13.2 Å². The molecule has 232 valence electrons. The maximum atomic E-state index is 13.1. The van der Waals surface area contributed by atoms with Crippen molar-refractivity contribution in [3.8, 4) is 22.5 Å². The number of amides is 1. The van der Waals surface area contributed by atoms with Crippen LogP contribution in [0.4, 0.5) is 10.2 Å². The first-order valence-corrected chi connectivity index (χ1v) is 15.7. The van der Waals surface area contributed by atoms with Crippen LogP contribution in [0.2, 0.25) is 0 Å². The van der Waals surface area contributed by atoms with E-state index in [1.807, 2.05) is 79.2 Å². The highest BCUT2D eigenvalue weighted by Gasteiger charge is 2.23. The Hall–Kier alpha value is -4.19. The predicted molar refractivity (Wildman–Crippen MR) is 168 cm³/mol. The first-order valence-electron chi connectivity index (χ1n) is 14.2. The molecule has 1 amide bonds. The van der Waals surface area contributed by atoms with Crippen LogP contribution in [0, 0.1) is 5.82 Å². The molecule has 3 aromatic carbocycles. The van der Waals surface area contributed by atoms with Crippen LogP contribution in [0.15, 0.2) is 96.0 Å². The first-order chi connectivity index (χ1) is 20.9. The van der Waals surface area contributed by atoms with Crippen molar-refractivity contribution in [2.24, 2.45) is 0 Å². The lowest BCUT2D eigenvalue weighted by Crippen LogP contribution is -2.39. The highest BCUT2D eigenvalue weighted by molar-refractivity contribution is 7.90. The fourth-order valence-electron chi connectivity index (χ4n) is 4.46. The molecule has 0 atom stereocenters. The Morgan fingerprint density at radius 2 is 1.52 bits per heavy atom. The van der Waals surface area contributed by atoms with E-state index in [9.17, 15) is 17.6 Å². The average Bonchev–Trinajstić information content (AvgIpc) is 2.99. The van der Waals surface area contributed by atoms with Crippen molar-refractivity contribution in [1.29, 1.82) is 0 Å². The number of nitrogens with zero attached hydrogens (tertiary/aromatic N) is 3. The highest BCUT2D eigenvalue weighted by atomic mass is 32.2. The Labute approximate surface area is 258 Å². The number of ether oxygens (including phenoxy) is 2. The molecule has 0 aliphatic heterocycles. The molecule has 4 rings (SSSR count). The topological polar surface area (TPSA) is 111 Å². The molecule has 0 aliphatic rings. The van der Waals surface area contributed by atoms with Gasteiger partial charge in [-0.15, -0.1) is 0 Å². The van der Waals surface area contributed by atoms with E-state index < -0.39 is 34.0 Å². The van der Waals surface area contributed by atoms with Gasteiger partial charge in [0.05, 0.1) is 41.3 Å².